The third-order valence-corrected chi connectivity index (χ3v) is 3.76. The van der Waals surface area contributed by atoms with Crippen molar-refractivity contribution in [1.82, 2.24) is 9.97 Å². The van der Waals surface area contributed by atoms with Gasteiger partial charge >= 0.3 is 0 Å². The highest BCUT2D eigenvalue weighted by atomic mass is 32.2. The number of nitrogens with zero attached hydrogens (tertiary/aromatic N) is 2. The van der Waals surface area contributed by atoms with Crippen LogP contribution in [0.15, 0.2) is 34.3 Å². The summed E-state index contributed by atoms with van der Waals surface area (Å²) in [7, 11) is 0. The lowest BCUT2D eigenvalue weighted by Crippen LogP contribution is -2.13. The monoisotopic (exact) mass is 241 g/mol. The SMILES string of the molecule is N#Cc1cc2c([nH]c1=O)SCc1ccncc1-2. The first-order valence-corrected chi connectivity index (χ1v) is 6.01. The van der Waals surface area contributed by atoms with E-state index in [4.69, 9.17) is 5.26 Å². The van der Waals surface area contributed by atoms with Gasteiger partial charge in [0.05, 0.1) is 5.03 Å². The smallest absolute Gasteiger partial charge is 0.266 e. The van der Waals surface area contributed by atoms with Gasteiger partial charge in [-0.15, -0.1) is 11.8 Å². The second-order valence-electron chi connectivity index (χ2n) is 3.69. The number of aromatic amines is 1. The quantitative estimate of drug-likeness (QED) is 0.765. The Kier molecular flexibility index (Phi) is 2.23. The lowest BCUT2D eigenvalue weighted by Gasteiger charge is -2.17. The summed E-state index contributed by atoms with van der Waals surface area (Å²) < 4.78 is 0. The highest BCUT2D eigenvalue weighted by molar-refractivity contribution is 7.98. The molecule has 0 atom stereocenters. The standard InChI is InChI=1S/C12H7N3OS/c13-4-8-3-9-10-5-14-2-1-7(10)6-17-12(9)15-11(8)16/h1-3,5H,6H2,(H,15,16). The van der Waals surface area contributed by atoms with E-state index in [0.717, 1.165) is 21.9 Å². The van der Waals surface area contributed by atoms with E-state index in [1.807, 2.05) is 12.1 Å². The molecule has 0 saturated carbocycles. The minimum atomic E-state index is -0.328. The fourth-order valence-corrected chi connectivity index (χ4v) is 2.89. The molecule has 4 nitrogen and oxygen atoms in total. The fourth-order valence-electron chi connectivity index (χ4n) is 1.85. The van der Waals surface area contributed by atoms with Crippen LogP contribution in [0.3, 0.4) is 0 Å². The van der Waals surface area contributed by atoms with Crippen LogP contribution in [-0.4, -0.2) is 9.97 Å². The van der Waals surface area contributed by atoms with Gasteiger partial charge in [0.1, 0.15) is 11.6 Å². The lowest BCUT2D eigenvalue weighted by atomic mass is 10.0. The van der Waals surface area contributed by atoms with Gasteiger partial charge < -0.3 is 4.98 Å². The molecule has 0 fully saturated rings. The first-order chi connectivity index (χ1) is 8.29. The number of thioether (sulfide) groups is 1. The summed E-state index contributed by atoms with van der Waals surface area (Å²) >= 11 is 1.57. The Morgan fingerprint density at radius 2 is 2.35 bits per heavy atom. The Bertz CT molecular complexity index is 700. The predicted octanol–water partition coefficient (Wildman–Crippen LogP) is 1.91. The van der Waals surface area contributed by atoms with Crippen LogP contribution in [0.5, 0.6) is 0 Å². The number of fused-ring (bicyclic) bond motifs is 3. The zero-order valence-electron chi connectivity index (χ0n) is 8.73. The average molecular weight is 241 g/mol. The van der Waals surface area contributed by atoms with Crippen molar-refractivity contribution in [3.05, 3.63) is 46.0 Å². The molecular weight excluding hydrogens is 234 g/mol. The zero-order valence-corrected chi connectivity index (χ0v) is 9.54. The van der Waals surface area contributed by atoms with Crippen LogP contribution in [0.4, 0.5) is 0 Å². The first kappa shape index (κ1) is 10.1. The van der Waals surface area contributed by atoms with E-state index >= 15 is 0 Å². The van der Waals surface area contributed by atoms with E-state index in [-0.39, 0.29) is 11.1 Å². The lowest BCUT2D eigenvalue weighted by molar-refractivity contribution is 1.06. The average Bonchev–Trinajstić information content (AvgIpc) is 2.37. The molecule has 82 valence electrons. The van der Waals surface area contributed by atoms with Crippen molar-refractivity contribution < 1.29 is 0 Å². The molecule has 1 aliphatic heterocycles. The molecule has 3 rings (SSSR count). The van der Waals surface area contributed by atoms with Gasteiger partial charge in [-0.2, -0.15) is 5.26 Å². The van der Waals surface area contributed by atoms with Gasteiger partial charge in [0.15, 0.2) is 0 Å². The van der Waals surface area contributed by atoms with Crippen molar-refractivity contribution in [2.24, 2.45) is 0 Å². The fraction of sp³-hybridized carbons (Fsp3) is 0.0833. The topological polar surface area (TPSA) is 69.5 Å². The molecule has 17 heavy (non-hydrogen) atoms. The normalized spacial score (nSPS) is 12.4. The number of nitriles is 1. The number of H-pyrrole nitrogens is 1. The molecule has 0 spiro atoms. The maximum Gasteiger partial charge on any atom is 0.266 e. The second kappa shape index (κ2) is 3.75. The Morgan fingerprint density at radius 3 is 3.18 bits per heavy atom. The van der Waals surface area contributed by atoms with E-state index < -0.39 is 0 Å². The van der Waals surface area contributed by atoms with E-state index in [1.165, 1.54) is 5.56 Å². The van der Waals surface area contributed by atoms with Crippen LogP contribution >= 0.6 is 11.8 Å². The van der Waals surface area contributed by atoms with Crippen LogP contribution in [0.1, 0.15) is 11.1 Å². The molecular formula is C12H7N3OS. The minimum Gasteiger partial charge on any atom is -0.315 e. The van der Waals surface area contributed by atoms with Gasteiger partial charge in [0.2, 0.25) is 0 Å². The summed E-state index contributed by atoms with van der Waals surface area (Å²) in [5.41, 5.74) is 2.87. The zero-order chi connectivity index (χ0) is 11.8. The predicted molar refractivity (Wildman–Crippen MR) is 64.6 cm³/mol. The van der Waals surface area contributed by atoms with Crippen molar-refractivity contribution in [3.8, 4) is 17.2 Å². The molecule has 0 bridgehead atoms. The van der Waals surface area contributed by atoms with Crippen molar-refractivity contribution in [3.63, 3.8) is 0 Å². The van der Waals surface area contributed by atoms with Crippen LogP contribution in [0.2, 0.25) is 0 Å². The Hall–Kier alpha value is -2.06. The molecule has 5 heteroatoms. The van der Waals surface area contributed by atoms with Crippen LogP contribution in [-0.2, 0) is 5.75 Å². The number of hydrogen-bond acceptors (Lipinski definition) is 4. The van der Waals surface area contributed by atoms with Crippen molar-refractivity contribution >= 4 is 11.8 Å². The molecule has 0 unspecified atom stereocenters. The molecule has 0 radical (unpaired) electrons. The van der Waals surface area contributed by atoms with E-state index in [0.29, 0.717) is 0 Å². The summed E-state index contributed by atoms with van der Waals surface area (Å²) in [4.78, 5) is 18.4. The second-order valence-corrected chi connectivity index (χ2v) is 4.67. The van der Waals surface area contributed by atoms with E-state index in [9.17, 15) is 4.79 Å². The summed E-state index contributed by atoms with van der Waals surface area (Å²) in [6, 6.07) is 5.50. The molecule has 2 aromatic rings. The van der Waals surface area contributed by atoms with Crippen LogP contribution in [0.25, 0.3) is 11.1 Å². The number of hydrogen-bond donors (Lipinski definition) is 1. The third kappa shape index (κ3) is 1.54. The molecule has 1 aliphatic rings. The van der Waals surface area contributed by atoms with Crippen molar-refractivity contribution in [2.45, 2.75) is 10.8 Å². The first-order valence-electron chi connectivity index (χ1n) is 5.03. The van der Waals surface area contributed by atoms with Gasteiger partial charge in [-0.1, -0.05) is 0 Å². The largest absolute Gasteiger partial charge is 0.315 e. The molecule has 0 saturated heterocycles. The van der Waals surface area contributed by atoms with Gasteiger partial charge in [-0.05, 0) is 17.7 Å². The molecule has 3 heterocycles. The minimum absolute atomic E-state index is 0.140. The van der Waals surface area contributed by atoms with Crippen molar-refractivity contribution in [2.75, 3.05) is 0 Å². The molecule has 2 aromatic heterocycles. The van der Waals surface area contributed by atoms with E-state index in [1.54, 1.807) is 30.2 Å². The Labute approximate surface area is 101 Å². The third-order valence-electron chi connectivity index (χ3n) is 2.70. The van der Waals surface area contributed by atoms with Gasteiger partial charge in [-0.3, -0.25) is 9.78 Å². The highest BCUT2D eigenvalue weighted by Crippen LogP contribution is 2.39. The molecule has 0 aromatic carbocycles. The number of aromatic nitrogens is 2. The Morgan fingerprint density at radius 1 is 1.47 bits per heavy atom. The number of nitrogens with one attached hydrogen (secondary N) is 1. The molecule has 0 amide bonds. The van der Waals surface area contributed by atoms with Crippen LogP contribution in [0, 0.1) is 11.3 Å². The van der Waals surface area contributed by atoms with Gasteiger partial charge in [0, 0.05) is 29.3 Å². The maximum atomic E-state index is 11.5. The van der Waals surface area contributed by atoms with Crippen LogP contribution < -0.4 is 5.56 Å². The van der Waals surface area contributed by atoms with E-state index in [2.05, 4.69) is 9.97 Å². The summed E-state index contributed by atoms with van der Waals surface area (Å²) in [6.07, 6.45) is 3.52. The van der Waals surface area contributed by atoms with Gasteiger partial charge in [0.25, 0.3) is 5.56 Å². The molecule has 0 aliphatic carbocycles. The van der Waals surface area contributed by atoms with Crippen molar-refractivity contribution in [1.29, 1.82) is 5.26 Å². The number of pyridine rings is 2. The maximum absolute atomic E-state index is 11.5. The summed E-state index contributed by atoms with van der Waals surface area (Å²) in [5.74, 6) is 0.812. The summed E-state index contributed by atoms with van der Waals surface area (Å²) in [6.45, 7) is 0. The molecule has 1 N–H and O–H groups in total. The highest BCUT2D eigenvalue weighted by Gasteiger charge is 2.18. The Balaban J connectivity index is 2.32. The number of rotatable bonds is 0. The summed E-state index contributed by atoms with van der Waals surface area (Å²) in [5, 5.41) is 9.69. The van der Waals surface area contributed by atoms with Gasteiger partial charge in [-0.25, -0.2) is 0 Å².